The van der Waals surface area contributed by atoms with Crippen molar-refractivity contribution in [2.75, 3.05) is 13.1 Å². The Hall–Kier alpha value is -0.890. The van der Waals surface area contributed by atoms with E-state index in [1.54, 1.807) is 0 Å². The van der Waals surface area contributed by atoms with E-state index in [0.717, 1.165) is 0 Å². The number of halogens is 4. The van der Waals surface area contributed by atoms with E-state index in [-0.39, 0.29) is 0 Å². The summed E-state index contributed by atoms with van der Waals surface area (Å²) in [6, 6.07) is 0. The summed E-state index contributed by atoms with van der Waals surface area (Å²) in [5.74, 6) is -6.85. The van der Waals surface area contributed by atoms with Crippen molar-refractivity contribution in [1.29, 1.82) is 0 Å². The van der Waals surface area contributed by atoms with Crippen LogP contribution in [0.3, 0.4) is 0 Å². The van der Waals surface area contributed by atoms with Crippen LogP contribution in [0.25, 0.3) is 0 Å². The Morgan fingerprint density at radius 3 is 2.00 bits per heavy atom. The average Bonchev–Trinajstić information content (AvgIpc) is 2.45. The summed E-state index contributed by atoms with van der Waals surface area (Å²) in [7, 11) is 0. The van der Waals surface area contributed by atoms with Gasteiger partial charge in [-0.05, 0) is 0 Å². The van der Waals surface area contributed by atoms with Gasteiger partial charge < -0.3 is 15.1 Å². The predicted molar refractivity (Wildman–Crippen MR) is 39.5 cm³/mol. The molecular weight excluding hydrogens is 222 g/mol. The van der Waals surface area contributed by atoms with Gasteiger partial charge in [-0.1, -0.05) is 0 Å². The molecule has 1 rings (SSSR count). The lowest BCUT2D eigenvalue weighted by atomic mass is 10.3. The van der Waals surface area contributed by atoms with Crippen molar-refractivity contribution in [3.63, 3.8) is 0 Å². The quantitative estimate of drug-likeness (QED) is 0.627. The first-order valence-electron chi connectivity index (χ1n) is 4.08. The van der Waals surface area contributed by atoms with Gasteiger partial charge in [0.15, 0.2) is 0 Å². The third kappa shape index (κ3) is 2.20. The fourth-order valence-electron chi connectivity index (χ4n) is 1.24. The van der Waals surface area contributed by atoms with E-state index >= 15 is 0 Å². The number of carbonyl (C=O) groups excluding carboxylic acids is 1. The third-order valence-electron chi connectivity index (χ3n) is 2.11. The second-order valence-corrected chi connectivity index (χ2v) is 3.27. The molecule has 0 bridgehead atoms. The molecule has 0 aromatic rings. The normalized spacial score (nSPS) is 27.5. The van der Waals surface area contributed by atoms with Crippen molar-refractivity contribution < 1.29 is 32.6 Å². The Balaban J connectivity index is 2.70. The maximum Gasteiger partial charge on any atom is 0.383 e. The first-order chi connectivity index (χ1) is 6.76. The first-order valence-corrected chi connectivity index (χ1v) is 4.08. The molecule has 0 saturated carbocycles. The summed E-state index contributed by atoms with van der Waals surface area (Å²) in [6.45, 7) is -1.13. The van der Waals surface area contributed by atoms with Crippen LogP contribution in [0.15, 0.2) is 0 Å². The van der Waals surface area contributed by atoms with Gasteiger partial charge in [-0.15, -0.1) is 0 Å². The van der Waals surface area contributed by atoms with Gasteiger partial charge in [0.2, 0.25) is 0 Å². The number of amides is 1. The average molecular weight is 231 g/mol. The minimum atomic E-state index is -4.77. The van der Waals surface area contributed by atoms with Crippen LogP contribution in [0, 0.1) is 0 Å². The van der Waals surface area contributed by atoms with Gasteiger partial charge in [-0.2, -0.15) is 8.78 Å². The number of alkyl halides is 4. The molecule has 1 amide bonds. The Morgan fingerprint density at radius 2 is 1.67 bits per heavy atom. The van der Waals surface area contributed by atoms with E-state index in [4.69, 9.17) is 10.2 Å². The Labute approximate surface area is 82.1 Å². The highest BCUT2D eigenvalue weighted by Gasteiger charge is 2.53. The molecule has 15 heavy (non-hydrogen) atoms. The molecule has 1 fully saturated rings. The molecule has 8 heteroatoms. The zero-order valence-electron chi connectivity index (χ0n) is 7.41. The lowest BCUT2D eigenvalue weighted by molar-refractivity contribution is -0.180. The van der Waals surface area contributed by atoms with E-state index < -0.39 is 43.6 Å². The summed E-state index contributed by atoms with van der Waals surface area (Å²) in [6.07, 6.45) is -6.84. The van der Waals surface area contributed by atoms with Crippen LogP contribution < -0.4 is 0 Å². The van der Waals surface area contributed by atoms with Gasteiger partial charge in [0.25, 0.3) is 5.91 Å². The Bertz CT molecular complexity index is 251. The van der Waals surface area contributed by atoms with Crippen molar-refractivity contribution >= 4 is 5.91 Å². The van der Waals surface area contributed by atoms with Crippen molar-refractivity contribution in [2.45, 2.75) is 24.6 Å². The second-order valence-electron chi connectivity index (χ2n) is 3.27. The van der Waals surface area contributed by atoms with Crippen molar-refractivity contribution in [3.05, 3.63) is 0 Å². The van der Waals surface area contributed by atoms with E-state index in [1.165, 1.54) is 0 Å². The molecular formula is C7H9F4NO3. The van der Waals surface area contributed by atoms with Gasteiger partial charge in [0.05, 0.1) is 12.2 Å². The molecule has 1 aliphatic rings. The van der Waals surface area contributed by atoms with Gasteiger partial charge >= 0.3 is 12.3 Å². The molecule has 4 nitrogen and oxygen atoms in total. The van der Waals surface area contributed by atoms with Crippen LogP contribution in [0.4, 0.5) is 17.6 Å². The number of β-amino-alcohol motifs (C(OH)–C–C–N with tert-alkyl or cyclic N) is 2. The lowest BCUT2D eigenvalue weighted by Gasteiger charge is -2.21. The molecule has 0 aliphatic carbocycles. The largest absolute Gasteiger partial charge is 0.388 e. The summed E-state index contributed by atoms with van der Waals surface area (Å²) in [4.78, 5) is 11.2. The van der Waals surface area contributed by atoms with Crippen LogP contribution in [0.1, 0.15) is 0 Å². The molecule has 0 aromatic carbocycles. The van der Waals surface area contributed by atoms with Gasteiger partial charge in [0.1, 0.15) is 0 Å². The van der Waals surface area contributed by atoms with Gasteiger partial charge in [-0.3, -0.25) is 4.79 Å². The SMILES string of the molecule is O=C(N1C[C@@H](O)[C@@H](O)C1)C(F)(F)C(F)F. The van der Waals surface area contributed by atoms with Crippen molar-refractivity contribution in [3.8, 4) is 0 Å². The lowest BCUT2D eigenvalue weighted by Crippen LogP contribution is -2.47. The van der Waals surface area contributed by atoms with E-state index in [9.17, 15) is 22.4 Å². The van der Waals surface area contributed by atoms with E-state index in [0.29, 0.717) is 4.90 Å². The van der Waals surface area contributed by atoms with Crippen LogP contribution in [-0.4, -0.2) is 58.7 Å². The monoisotopic (exact) mass is 231 g/mol. The molecule has 88 valence electrons. The highest BCUT2D eigenvalue weighted by molar-refractivity contribution is 5.84. The number of rotatable bonds is 2. The van der Waals surface area contributed by atoms with E-state index in [1.807, 2.05) is 0 Å². The topological polar surface area (TPSA) is 60.8 Å². The maximum atomic E-state index is 12.5. The number of hydrogen-bond donors (Lipinski definition) is 2. The minimum absolute atomic E-state index is 0.321. The number of nitrogens with zero attached hydrogens (tertiary/aromatic N) is 1. The molecule has 0 spiro atoms. The Morgan fingerprint density at radius 1 is 1.27 bits per heavy atom. The maximum absolute atomic E-state index is 12.5. The number of aliphatic hydroxyl groups excluding tert-OH is 2. The fraction of sp³-hybridized carbons (Fsp3) is 0.857. The van der Waals surface area contributed by atoms with Crippen molar-refractivity contribution in [2.24, 2.45) is 0 Å². The zero-order valence-corrected chi connectivity index (χ0v) is 7.41. The van der Waals surface area contributed by atoms with Crippen molar-refractivity contribution in [1.82, 2.24) is 4.90 Å². The molecule has 2 atom stereocenters. The highest BCUT2D eigenvalue weighted by Crippen LogP contribution is 2.27. The van der Waals surface area contributed by atoms with Gasteiger partial charge in [-0.25, -0.2) is 8.78 Å². The Kier molecular flexibility index (Phi) is 3.19. The molecule has 0 unspecified atom stereocenters. The van der Waals surface area contributed by atoms with Crippen LogP contribution in [-0.2, 0) is 4.79 Å². The molecule has 1 saturated heterocycles. The number of likely N-dealkylation sites (tertiary alicyclic amines) is 1. The van der Waals surface area contributed by atoms with Crippen LogP contribution in [0.2, 0.25) is 0 Å². The summed E-state index contributed by atoms with van der Waals surface area (Å²) >= 11 is 0. The smallest absolute Gasteiger partial charge is 0.383 e. The third-order valence-corrected chi connectivity index (χ3v) is 2.11. The summed E-state index contributed by atoms with van der Waals surface area (Å²) in [5, 5.41) is 17.9. The summed E-state index contributed by atoms with van der Waals surface area (Å²) < 4.78 is 48.7. The standard InChI is InChI=1S/C7H9F4NO3/c8-5(9)7(10,11)6(15)12-1-3(13)4(14)2-12/h3-5,13-14H,1-2H2/t3-,4+. The molecule has 1 aliphatic heterocycles. The molecule has 1 heterocycles. The molecule has 0 aromatic heterocycles. The summed E-state index contributed by atoms with van der Waals surface area (Å²) in [5.41, 5.74) is 0. The van der Waals surface area contributed by atoms with Crippen LogP contribution >= 0.6 is 0 Å². The highest BCUT2D eigenvalue weighted by atomic mass is 19.3. The van der Waals surface area contributed by atoms with Gasteiger partial charge in [0, 0.05) is 13.1 Å². The first kappa shape index (κ1) is 12.2. The fourth-order valence-corrected chi connectivity index (χ4v) is 1.24. The molecule has 0 radical (unpaired) electrons. The van der Waals surface area contributed by atoms with Crippen LogP contribution in [0.5, 0.6) is 0 Å². The minimum Gasteiger partial charge on any atom is -0.388 e. The second kappa shape index (κ2) is 3.93. The zero-order chi connectivity index (χ0) is 11.8. The number of carbonyl (C=O) groups is 1. The number of hydrogen-bond acceptors (Lipinski definition) is 3. The predicted octanol–water partition coefficient (Wildman–Crippen LogP) is -0.549. The number of aliphatic hydroxyl groups is 2. The molecule has 2 N–H and O–H groups in total. The van der Waals surface area contributed by atoms with E-state index in [2.05, 4.69) is 0 Å².